The molecule has 0 spiro atoms. The van der Waals surface area contributed by atoms with Crippen LogP contribution < -0.4 is 5.32 Å². The van der Waals surface area contributed by atoms with Crippen molar-refractivity contribution in [2.24, 2.45) is 0 Å². The summed E-state index contributed by atoms with van der Waals surface area (Å²) in [5, 5.41) is 25.8. The van der Waals surface area contributed by atoms with Crippen LogP contribution in [0.4, 0.5) is 5.69 Å². The first-order valence-corrected chi connectivity index (χ1v) is 6.42. The van der Waals surface area contributed by atoms with E-state index in [4.69, 9.17) is 5.11 Å². The van der Waals surface area contributed by atoms with Crippen LogP contribution in [-0.4, -0.2) is 26.0 Å². The smallest absolute Gasteiger partial charge is 0.339 e. The lowest BCUT2D eigenvalue weighted by atomic mass is 10.2. The second-order valence-electron chi connectivity index (χ2n) is 4.46. The van der Waals surface area contributed by atoms with E-state index in [9.17, 15) is 9.90 Å². The van der Waals surface area contributed by atoms with Crippen molar-refractivity contribution in [3.8, 4) is 5.75 Å². The molecule has 2 aromatic rings. The Morgan fingerprint density at radius 1 is 1.40 bits per heavy atom. The van der Waals surface area contributed by atoms with Crippen molar-refractivity contribution in [3.63, 3.8) is 0 Å². The van der Waals surface area contributed by atoms with Crippen LogP contribution in [0.2, 0.25) is 0 Å². The van der Waals surface area contributed by atoms with Gasteiger partial charge in [-0.15, -0.1) is 0 Å². The Bertz CT molecular complexity index is 607. The number of aromatic carboxylic acids is 1. The molecule has 0 radical (unpaired) electrons. The van der Waals surface area contributed by atoms with Gasteiger partial charge in [0.15, 0.2) is 0 Å². The molecule has 0 fully saturated rings. The second kappa shape index (κ2) is 6.10. The molecule has 0 amide bonds. The molecule has 106 valence electrons. The van der Waals surface area contributed by atoms with E-state index in [1.54, 1.807) is 6.07 Å². The number of benzene rings is 1. The Balaban J connectivity index is 2.03. The maximum absolute atomic E-state index is 10.9. The zero-order valence-electron chi connectivity index (χ0n) is 11.2. The maximum Gasteiger partial charge on any atom is 0.339 e. The SMILES string of the molecule is CCCn1ccc(CNc2ccc(O)c(C(=O)O)c2)n1. The van der Waals surface area contributed by atoms with Gasteiger partial charge < -0.3 is 15.5 Å². The minimum absolute atomic E-state index is 0.119. The van der Waals surface area contributed by atoms with E-state index in [0.29, 0.717) is 12.2 Å². The Morgan fingerprint density at radius 2 is 2.20 bits per heavy atom. The van der Waals surface area contributed by atoms with E-state index in [2.05, 4.69) is 17.3 Å². The number of aromatic hydroxyl groups is 1. The minimum Gasteiger partial charge on any atom is -0.507 e. The summed E-state index contributed by atoms with van der Waals surface area (Å²) >= 11 is 0. The number of carboxylic acid groups (broad SMARTS) is 1. The summed E-state index contributed by atoms with van der Waals surface area (Å²) < 4.78 is 1.87. The Labute approximate surface area is 116 Å². The van der Waals surface area contributed by atoms with Gasteiger partial charge in [0.2, 0.25) is 0 Å². The third-order valence-electron chi connectivity index (χ3n) is 2.85. The predicted octanol–water partition coefficient (Wildman–Crippen LogP) is 2.31. The first-order chi connectivity index (χ1) is 9.60. The molecule has 2 rings (SSSR count). The number of hydrogen-bond acceptors (Lipinski definition) is 4. The van der Waals surface area contributed by atoms with Crippen molar-refractivity contribution in [1.82, 2.24) is 9.78 Å². The normalized spacial score (nSPS) is 10.4. The van der Waals surface area contributed by atoms with E-state index in [0.717, 1.165) is 18.7 Å². The summed E-state index contributed by atoms with van der Waals surface area (Å²) in [7, 11) is 0. The fourth-order valence-electron chi connectivity index (χ4n) is 1.86. The maximum atomic E-state index is 10.9. The molecule has 0 aliphatic carbocycles. The van der Waals surface area contributed by atoms with Crippen molar-refractivity contribution < 1.29 is 15.0 Å². The van der Waals surface area contributed by atoms with E-state index < -0.39 is 5.97 Å². The highest BCUT2D eigenvalue weighted by atomic mass is 16.4. The number of carboxylic acids is 1. The lowest BCUT2D eigenvalue weighted by Gasteiger charge is -2.07. The van der Waals surface area contributed by atoms with Crippen LogP contribution in [0.1, 0.15) is 29.4 Å². The second-order valence-corrected chi connectivity index (χ2v) is 4.46. The average molecular weight is 275 g/mol. The van der Waals surface area contributed by atoms with E-state index >= 15 is 0 Å². The number of nitrogens with one attached hydrogen (secondary N) is 1. The number of carbonyl (C=O) groups is 1. The number of phenols is 1. The van der Waals surface area contributed by atoms with E-state index in [1.807, 2.05) is 16.9 Å². The Kier molecular flexibility index (Phi) is 4.24. The van der Waals surface area contributed by atoms with Gasteiger partial charge in [-0.1, -0.05) is 6.92 Å². The van der Waals surface area contributed by atoms with Crippen LogP contribution in [-0.2, 0) is 13.1 Å². The van der Waals surface area contributed by atoms with Crippen molar-refractivity contribution in [1.29, 1.82) is 0 Å². The fourth-order valence-corrected chi connectivity index (χ4v) is 1.86. The Morgan fingerprint density at radius 3 is 2.90 bits per heavy atom. The number of anilines is 1. The van der Waals surface area contributed by atoms with Crippen LogP contribution in [0, 0.1) is 0 Å². The predicted molar refractivity (Wildman–Crippen MR) is 74.9 cm³/mol. The average Bonchev–Trinajstić information content (AvgIpc) is 2.86. The van der Waals surface area contributed by atoms with Crippen LogP contribution in [0.5, 0.6) is 5.75 Å². The van der Waals surface area contributed by atoms with Gasteiger partial charge in [0.25, 0.3) is 0 Å². The fraction of sp³-hybridized carbons (Fsp3) is 0.286. The molecule has 3 N–H and O–H groups in total. The quantitative estimate of drug-likeness (QED) is 0.704. The Hall–Kier alpha value is -2.50. The van der Waals surface area contributed by atoms with Gasteiger partial charge in [0.1, 0.15) is 11.3 Å². The van der Waals surface area contributed by atoms with Gasteiger partial charge in [-0.25, -0.2) is 4.79 Å². The van der Waals surface area contributed by atoms with Crippen molar-refractivity contribution in [2.75, 3.05) is 5.32 Å². The first kappa shape index (κ1) is 13.9. The van der Waals surface area contributed by atoms with Crippen molar-refractivity contribution >= 4 is 11.7 Å². The molecule has 0 unspecified atom stereocenters. The first-order valence-electron chi connectivity index (χ1n) is 6.42. The highest BCUT2D eigenvalue weighted by Crippen LogP contribution is 2.21. The zero-order chi connectivity index (χ0) is 14.5. The van der Waals surface area contributed by atoms with E-state index in [1.165, 1.54) is 12.1 Å². The number of aryl methyl sites for hydroxylation is 1. The van der Waals surface area contributed by atoms with Crippen molar-refractivity contribution in [3.05, 3.63) is 41.7 Å². The standard InChI is InChI=1S/C14H17N3O3/c1-2-6-17-7-5-11(16-17)9-15-10-3-4-13(18)12(8-10)14(19)20/h3-5,7-8,15,18H,2,6,9H2,1H3,(H,19,20). The third kappa shape index (κ3) is 3.28. The zero-order valence-corrected chi connectivity index (χ0v) is 11.2. The molecule has 0 saturated heterocycles. The minimum atomic E-state index is -1.15. The highest BCUT2D eigenvalue weighted by molar-refractivity contribution is 5.91. The lowest BCUT2D eigenvalue weighted by molar-refractivity contribution is 0.0694. The van der Waals surface area contributed by atoms with Crippen LogP contribution in [0.3, 0.4) is 0 Å². The number of nitrogens with zero attached hydrogens (tertiary/aromatic N) is 2. The molecule has 6 nitrogen and oxygen atoms in total. The summed E-state index contributed by atoms with van der Waals surface area (Å²) in [4.78, 5) is 10.9. The number of rotatable bonds is 6. The molecular formula is C14H17N3O3. The van der Waals surface area contributed by atoms with Gasteiger partial charge in [-0.05, 0) is 30.7 Å². The summed E-state index contributed by atoms with van der Waals surface area (Å²) in [6, 6.07) is 6.31. The lowest BCUT2D eigenvalue weighted by Crippen LogP contribution is -2.04. The molecule has 6 heteroatoms. The third-order valence-corrected chi connectivity index (χ3v) is 2.85. The molecule has 1 aromatic heterocycles. The molecule has 0 aliphatic heterocycles. The van der Waals surface area contributed by atoms with Gasteiger partial charge in [0, 0.05) is 18.4 Å². The summed E-state index contributed by atoms with van der Waals surface area (Å²) in [5.41, 5.74) is 1.39. The monoisotopic (exact) mass is 275 g/mol. The summed E-state index contributed by atoms with van der Waals surface area (Å²) in [6.45, 7) is 3.46. The number of aromatic nitrogens is 2. The van der Waals surface area contributed by atoms with Gasteiger partial charge in [-0.3, -0.25) is 4.68 Å². The molecule has 0 atom stereocenters. The summed E-state index contributed by atoms with van der Waals surface area (Å²) in [6.07, 6.45) is 2.94. The van der Waals surface area contributed by atoms with E-state index in [-0.39, 0.29) is 11.3 Å². The summed E-state index contributed by atoms with van der Waals surface area (Å²) in [5.74, 6) is -1.39. The molecule has 0 saturated carbocycles. The molecular weight excluding hydrogens is 258 g/mol. The van der Waals surface area contributed by atoms with Gasteiger partial charge >= 0.3 is 5.97 Å². The van der Waals surface area contributed by atoms with Gasteiger partial charge in [0.05, 0.1) is 12.2 Å². The highest BCUT2D eigenvalue weighted by Gasteiger charge is 2.10. The van der Waals surface area contributed by atoms with Crippen molar-refractivity contribution in [2.45, 2.75) is 26.4 Å². The number of hydrogen-bond donors (Lipinski definition) is 3. The van der Waals surface area contributed by atoms with Gasteiger partial charge in [-0.2, -0.15) is 5.10 Å². The largest absolute Gasteiger partial charge is 0.507 e. The molecule has 0 aliphatic rings. The van der Waals surface area contributed by atoms with Crippen LogP contribution in [0.15, 0.2) is 30.5 Å². The molecule has 1 aromatic carbocycles. The molecule has 20 heavy (non-hydrogen) atoms. The van der Waals surface area contributed by atoms with Crippen LogP contribution >= 0.6 is 0 Å². The van der Waals surface area contributed by atoms with Crippen LogP contribution in [0.25, 0.3) is 0 Å². The molecule has 0 bridgehead atoms. The topological polar surface area (TPSA) is 87.4 Å². The molecule has 1 heterocycles.